The molecular weight excluding hydrogens is 216 g/mol. The summed E-state index contributed by atoms with van der Waals surface area (Å²) >= 11 is 1.95. The van der Waals surface area contributed by atoms with Crippen LogP contribution >= 0.6 is 11.8 Å². The molecule has 0 heterocycles. The average molecular weight is 234 g/mol. The summed E-state index contributed by atoms with van der Waals surface area (Å²) in [7, 11) is 0. The predicted octanol–water partition coefficient (Wildman–Crippen LogP) is 2.92. The van der Waals surface area contributed by atoms with Crippen LogP contribution in [0.25, 0.3) is 0 Å². The van der Waals surface area contributed by atoms with Crippen LogP contribution in [-0.4, -0.2) is 17.5 Å². The van der Waals surface area contributed by atoms with Crippen molar-refractivity contribution in [3.8, 4) is 11.8 Å². The molecule has 0 saturated heterocycles. The Hall–Kier alpha value is -0.910. The molecule has 0 aliphatic heterocycles. The first-order chi connectivity index (χ1) is 7.72. The summed E-state index contributed by atoms with van der Waals surface area (Å²) in [4.78, 5) is 0. The molecule has 16 heavy (non-hydrogen) atoms. The molecule has 0 saturated carbocycles. The summed E-state index contributed by atoms with van der Waals surface area (Å²) < 4.78 is 0. The second-order valence-electron chi connectivity index (χ2n) is 4.07. The fraction of sp³-hybridized carbons (Fsp3) is 0.429. The van der Waals surface area contributed by atoms with Gasteiger partial charge in [-0.15, -0.1) is 0 Å². The van der Waals surface area contributed by atoms with E-state index < -0.39 is 0 Å². The Bertz CT molecular complexity index is 374. The van der Waals surface area contributed by atoms with Gasteiger partial charge in [-0.1, -0.05) is 37.8 Å². The van der Waals surface area contributed by atoms with Gasteiger partial charge >= 0.3 is 0 Å². The molecule has 1 aromatic rings. The molecule has 0 bridgehead atoms. The molecule has 0 radical (unpaired) electrons. The molecule has 0 amide bonds. The van der Waals surface area contributed by atoms with Gasteiger partial charge in [0.05, 0.1) is 0 Å². The second kappa shape index (κ2) is 7.38. The quantitative estimate of drug-likeness (QED) is 0.808. The van der Waals surface area contributed by atoms with E-state index in [1.54, 1.807) is 0 Å². The second-order valence-corrected chi connectivity index (χ2v) is 5.10. The van der Waals surface area contributed by atoms with Gasteiger partial charge in [0.25, 0.3) is 0 Å². The Morgan fingerprint density at radius 2 is 2.19 bits per heavy atom. The summed E-state index contributed by atoms with van der Waals surface area (Å²) in [6.07, 6.45) is 0. The zero-order valence-corrected chi connectivity index (χ0v) is 10.7. The van der Waals surface area contributed by atoms with Gasteiger partial charge in [-0.2, -0.15) is 11.8 Å². The standard InChI is InChI=1S/C14H18OS/c1-12(2)10-16-11-14-6-3-5-13(9-14)7-4-8-15/h3,5-6,9,12,15H,8,10-11H2,1-2H3. The van der Waals surface area contributed by atoms with E-state index in [2.05, 4.69) is 37.8 Å². The van der Waals surface area contributed by atoms with E-state index in [0.29, 0.717) is 0 Å². The van der Waals surface area contributed by atoms with Gasteiger partial charge in [0, 0.05) is 11.3 Å². The van der Waals surface area contributed by atoms with Crippen molar-refractivity contribution in [2.45, 2.75) is 19.6 Å². The summed E-state index contributed by atoms with van der Waals surface area (Å²) in [5, 5.41) is 8.62. The first-order valence-corrected chi connectivity index (χ1v) is 6.64. The maximum Gasteiger partial charge on any atom is 0.104 e. The number of hydrogen-bond donors (Lipinski definition) is 1. The minimum absolute atomic E-state index is 0.0771. The van der Waals surface area contributed by atoms with E-state index in [0.717, 1.165) is 17.2 Å². The van der Waals surface area contributed by atoms with E-state index in [1.165, 1.54) is 11.3 Å². The Morgan fingerprint density at radius 1 is 1.38 bits per heavy atom. The maximum atomic E-state index is 8.62. The van der Waals surface area contributed by atoms with Gasteiger partial charge in [-0.25, -0.2) is 0 Å². The highest BCUT2D eigenvalue weighted by Gasteiger charge is 1.97. The van der Waals surface area contributed by atoms with Crippen LogP contribution in [-0.2, 0) is 5.75 Å². The topological polar surface area (TPSA) is 20.2 Å². The van der Waals surface area contributed by atoms with Crippen molar-refractivity contribution in [3.05, 3.63) is 35.4 Å². The molecule has 1 N–H and O–H groups in total. The largest absolute Gasteiger partial charge is 0.384 e. The lowest BCUT2D eigenvalue weighted by atomic mass is 10.1. The highest BCUT2D eigenvalue weighted by atomic mass is 32.2. The minimum Gasteiger partial charge on any atom is -0.384 e. The number of benzene rings is 1. The summed E-state index contributed by atoms with van der Waals surface area (Å²) in [5.74, 6) is 8.55. The molecule has 0 aromatic heterocycles. The first-order valence-electron chi connectivity index (χ1n) is 5.49. The zero-order chi connectivity index (χ0) is 11.8. The van der Waals surface area contributed by atoms with Gasteiger partial charge < -0.3 is 5.11 Å². The lowest BCUT2D eigenvalue weighted by Gasteiger charge is -2.04. The Balaban J connectivity index is 2.54. The Labute approximate surface area is 102 Å². The number of aliphatic hydroxyl groups is 1. The fourth-order valence-electron chi connectivity index (χ4n) is 1.29. The minimum atomic E-state index is -0.0771. The number of rotatable bonds is 4. The number of hydrogen-bond acceptors (Lipinski definition) is 2. The molecule has 0 aliphatic rings. The monoisotopic (exact) mass is 234 g/mol. The SMILES string of the molecule is CC(C)CSCc1cccc(C#CCO)c1. The molecule has 0 atom stereocenters. The molecular formula is C14H18OS. The van der Waals surface area contributed by atoms with E-state index >= 15 is 0 Å². The van der Waals surface area contributed by atoms with Crippen LogP contribution in [0.3, 0.4) is 0 Å². The van der Waals surface area contributed by atoms with E-state index in [9.17, 15) is 0 Å². The van der Waals surface area contributed by atoms with Gasteiger partial charge in [0.2, 0.25) is 0 Å². The van der Waals surface area contributed by atoms with Crippen molar-refractivity contribution in [2.24, 2.45) is 5.92 Å². The maximum absolute atomic E-state index is 8.62. The van der Waals surface area contributed by atoms with Crippen LogP contribution in [0.1, 0.15) is 25.0 Å². The van der Waals surface area contributed by atoms with E-state index in [4.69, 9.17) is 5.11 Å². The highest BCUT2D eigenvalue weighted by molar-refractivity contribution is 7.98. The van der Waals surface area contributed by atoms with Crippen LogP contribution < -0.4 is 0 Å². The molecule has 1 aromatic carbocycles. The predicted molar refractivity (Wildman–Crippen MR) is 71.4 cm³/mol. The van der Waals surface area contributed by atoms with Crippen LogP contribution in [0, 0.1) is 17.8 Å². The van der Waals surface area contributed by atoms with Crippen LogP contribution in [0.5, 0.6) is 0 Å². The molecule has 0 unspecified atom stereocenters. The van der Waals surface area contributed by atoms with Gasteiger partial charge in [-0.3, -0.25) is 0 Å². The zero-order valence-electron chi connectivity index (χ0n) is 9.86. The van der Waals surface area contributed by atoms with Gasteiger partial charge in [-0.05, 0) is 29.4 Å². The third-order valence-electron chi connectivity index (χ3n) is 1.96. The van der Waals surface area contributed by atoms with Crippen LogP contribution in [0.2, 0.25) is 0 Å². The Morgan fingerprint density at radius 3 is 2.88 bits per heavy atom. The fourth-order valence-corrected chi connectivity index (χ4v) is 2.30. The van der Waals surface area contributed by atoms with Crippen LogP contribution in [0.4, 0.5) is 0 Å². The molecule has 0 fully saturated rings. The molecule has 0 aliphatic carbocycles. The van der Waals surface area contributed by atoms with Crippen molar-refractivity contribution in [1.29, 1.82) is 0 Å². The normalized spacial score (nSPS) is 10.0. The smallest absolute Gasteiger partial charge is 0.104 e. The molecule has 0 spiro atoms. The first kappa shape index (κ1) is 13.2. The third-order valence-corrected chi connectivity index (χ3v) is 3.40. The molecule has 86 valence electrons. The molecule has 1 rings (SSSR count). The van der Waals surface area contributed by atoms with E-state index in [-0.39, 0.29) is 6.61 Å². The number of thioether (sulfide) groups is 1. The van der Waals surface area contributed by atoms with Crippen molar-refractivity contribution < 1.29 is 5.11 Å². The third kappa shape index (κ3) is 5.25. The molecule has 1 nitrogen and oxygen atoms in total. The lowest BCUT2D eigenvalue weighted by molar-refractivity contribution is 0.350. The summed E-state index contributed by atoms with van der Waals surface area (Å²) in [5.41, 5.74) is 2.28. The lowest BCUT2D eigenvalue weighted by Crippen LogP contribution is -1.91. The van der Waals surface area contributed by atoms with Crippen molar-refractivity contribution in [3.63, 3.8) is 0 Å². The summed E-state index contributed by atoms with van der Waals surface area (Å²) in [6, 6.07) is 8.21. The average Bonchev–Trinajstić information content (AvgIpc) is 2.26. The van der Waals surface area contributed by atoms with Gasteiger partial charge in [0.1, 0.15) is 6.61 Å². The summed E-state index contributed by atoms with van der Waals surface area (Å²) in [6.45, 7) is 4.39. The van der Waals surface area contributed by atoms with Crippen LogP contribution in [0.15, 0.2) is 24.3 Å². The molecule has 2 heteroatoms. The van der Waals surface area contributed by atoms with Crippen molar-refractivity contribution >= 4 is 11.8 Å². The van der Waals surface area contributed by atoms with Crippen molar-refractivity contribution in [1.82, 2.24) is 0 Å². The van der Waals surface area contributed by atoms with E-state index in [1.807, 2.05) is 23.9 Å². The Kier molecular flexibility index (Phi) is 6.07. The number of aliphatic hydroxyl groups excluding tert-OH is 1. The van der Waals surface area contributed by atoms with Crippen molar-refractivity contribution in [2.75, 3.05) is 12.4 Å². The van der Waals surface area contributed by atoms with Gasteiger partial charge in [0.15, 0.2) is 0 Å². The highest BCUT2D eigenvalue weighted by Crippen LogP contribution is 2.16.